The van der Waals surface area contributed by atoms with E-state index in [-0.39, 0.29) is 11.9 Å². The molecule has 0 aliphatic rings. The normalized spacial score (nSPS) is 13.0. The first-order chi connectivity index (χ1) is 8.60. The lowest BCUT2D eigenvalue weighted by Crippen LogP contribution is -2.23. The molecule has 1 aromatic rings. The van der Waals surface area contributed by atoms with Crippen LogP contribution in [0.25, 0.3) is 0 Å². The van der Waals surface area contributed by atoms with Gasteiger partial charge in [-0.25, -0.2) is 4.39 Å². The summed E-state index contributed by atoms with van der Waals surface area (Å²) in [6.07, 6.45) is 4.34. The van der Waals surface area contributed by atoms with Gasteiger partial charge in [0.2, 0.25) is 0 Å². The molecule has 0 aromatic heterocycles. The molecule has 1 N–H and O–H groups in total. The Kier molecular flexibility index (Phi) is 6.87. The van der Waals surface area contributed by atoms with Gasteiger partial charge >= 0.3 is 0 Å². The average molecular weight is 317 g/mol. The van der Waals surface area contributed by atoms with Gasteiger partial charge in [-0.15, -0.1) is 0 Å². The molecule has 0 amide bonds. The molecule has 0 saturated carbocycles. The van der Waals surface area contributed by atoms with Gasteiger partial charge in [-0.2, -0.15) is 0 Å². The van der Waals surface area contributed by atoms with E-state index in [0.717, 1.165) is 31.2 Å². The summed E-state index contributed by atoms with van der Waals surface area (Å²) >= 11 is 3.25. The van der Waals surface area contributed by atoms with Crippen LogP contribution in [0.1, 0.15) is 45.1 Å². The van der Waals surface area contributed by atoms with E-state index in [2.05, 4.69) is 29.8 Å². The quantitative estimate of drug-likeness (QED) is 0.772. The highest BCUT2D eigenvalue weighted by atomic mass is 79.9. The second-order valence-corrected chi connectivity index (χ2v) is 5.61. The fourth-order valence-corrected chi connectivity index (χ4v) is 2.79. The Bertz CT molecular complexity index is 362. The summed E-state index contributed by atoms with van der Waals surface area (Å²) in [5, 5.41) is 10.3. The Morgan fingerprint density at radius 2 is 1.83 bits per heavy atom. The molecule has 0 radical (unpaired) electrons. The van der Waals surface area contributed by atoms with Gasteiger partial charge in [-0.1, -0.05) is 38.8 Å². The topological polar surface area (TPSA) is 20.2 Å². The van der Waals surface area contributed by atoms with Gasteiger partial charge in [0, 0.05) is 0 Å². The van der Waals surface area contributed by atoms with Crippen LogP contribution in [0.5, 0.6) is 0 Å². The summed E-state index contributed by atoms with van der Waals surface area (Å²) < 4.78 is 13.9. The minimum atomic E-state index is -0.386. The molecule has 0 fully saturated rings. The van der Waals surface area contributed by atoms with Gasteiger partial charge in [0.15, 0.2) is 0 Å². The fraction of sp³-hybridized carbons (Fsp3) is 0.600. The highest BCUT2D eigenvalue weighted by molar-refractivity contribution is 9.10. The third-order valence-corrected chi connectivity index (χ3v) is 4.21. The Morgan fingerprint density at radius 3 is 2.39 bits per heavy atom. The maximum absolute atomic E-state index is 13.4. The molecule has 1 unspecified atom stereocenters. The smallest absolute Gasteiger partial charge is 0.137 e. The Morgan fingerprint density at radius 1 is 1.22 bits per heavy atom. The molecule has 18 heavy (non-hydrogen) atoms. The van der Waals surface area contributed by atoms with Crippen LogP contribution in [0.2, 0.25) is 0 Å². The van der Waals surface area contributed by atoms with E-state index in [0.29, 0.717) is 16.8 Å². The molecule has 0 bridgehead atoms. The van der Waals surface area contributed by atoms with Crippen molar-refractivity contribution >= 4 is 15.9 Å². The zero-order chi connectivity index (χ0) is 13.5. The van der Waals surface area contributed by atoms with E-state index in [1.165, 1.54) is 6.07 Å². The molecule has 102 valence electrons. The monoisotopic (exact) mass is 316 g/mol. The molecular formula is C15H22BrFO. The van der Waals surface area contributed by atoms with E-state index in [1.807, 2.05) is 6.07 Å². The zero-order valence-electron chi connectivity index (χ0n) is 11.1. The third kappa shape index (κ3) is 4.36. The summed E-state index contributed by atoms with van der Waals surface area (Å²) in [6.45, 7) is 4.26. The summed E-state index contributed by atoms with van der Waals surface area (Å²) in [4.78, 5) is 0. The number of halogens is 2. The van der Waals surface area contributed by atoms with Gasteiger partial charge in [0.25, 0.3) is 0 Å². The Hall–Kier alpha value is -0.410. The lowest BCUT2D eigenvalue weighted by atomic mass is 9.89. The summed E-state index contributed by atoms with van der Waals surface area (Å²) in [7, 11) is 0. The predicted octanol–water partition coefficient (Wildman–Crippen LogP) is 4.71. The second kappa shape index (κ2) is 7.90. The fourth-order valence-electron chi connectivity index (χ4n) is 2.37. The molecular weight excluding hydrogens is 295 g/mol. The van der Waals surface area contributed by atoms with Crippen LogP contribution in [0.4, 0.5) is 4.39 Å². The number of hydrogen-bond donors (Lipinski definition) is 1. The van der Waals surface area contributed by atoms with Crippen LogP contribution >= 0.6 is 15.9 Å². The summed E-state index contributed by atoms with van der Waals surface area (Å²) in [6, 6.07) is 4.98. The van der Waals surface area contributed by atoms with E-state index in [1.54, 1.807) is 6.07 Å². The van der Waals surface area contributed by atoms with Crippen LogP contribution in [-0.2, 0) is 6.42 Å². The standard InChI is InChI=1S/C15H22BrFO/c1-3-6-11(7-4-2)14(18)10-12-8-5-9-13(17)15(12)16/h5,8-9,11,14,18H,3-4,6-7,10H2,1-2H3. The zero-order valence-corrected chi connectivity index (χ0v) is 12.7. The largest absolute Gasteiger partial charge is 0.392 e. The maximum atomic E-state index is 13.4. The molecule has 0 aliphatic heterocycles. The summed E-state index contributed by atoms with van der Waals surface area (Å²) in [5.74, 6) is 0.0531. The van der Waals surface area contributed by atoms with Crippen LogP contribution in [-0.4, -0.2) is 11.2 Å². The van der Waals surface area contributed by atoms with Gasteiger partial charge in [0.05, 0.1) is 10.6 Å². The summed E-state index contributed by atoms with van der Waals surface area (Å²) in [5.41, 5.74) is 0.847. The molecule has 0 aliphatic carbocycles. The van der Waals surface area contributed by atoms with E-state index in [9.17, 15) is 9.50 Å². The van der Waals surface area contributed by atoms with Crippen molar-refractivity contribution in [3.63, 3.8) is 0 Å². The second-order valence-electron chi connectivity index (χ2n) is 4.82. The van der Waals surface area contributed by atoms with Crippen LogP contribution in [0.3, 0.4) is 0 Å². The minimum Gasteiger partial charge on any atom is -0.392 e. The average Bonchev–Trinajstić information content (AvgIpc) is 2.34. The van der Waals surface area contributed by atoms with Crippen molar-refractivity contribution in [2.24, 2.45) is 5.92 Å². The van der Waals surface area contributed by atoms with Gasteiger partial charge in [-0.3, -0.25) is 0 Å². The molecule has 1 aromatic carbocycles. The first kappa shape index (κ1) is 15.6. The van der Waals surface area contributed by atoms with Crippen molar-refractivity contribution < 1.29 is 9.50 Å². The van der Waals surface area contributed by atoms with Crippen molar-refractivity contribution in [3.05, 3.63) is 34.1 Å². The van der Waals surface area contributed by atoms with Crippen LogP contribution in [0, 0.1) is 11.7 Å². The van der Waals surface area contributed by atoms with E-state index >= 15 is 0 Å². The molecule has 1 atom stereocenters. The lowest BCUT2D eigenvalue weighted by Gasteiger charge is -2.22. The van der Waals surface area contributed by atoms with Crippen LogP contribution < -0.4 is 0 Å². The van der Waals surface area contributed by atoms with Crippen molar-refractivity contribution in [3.8, 4) is 0 Å². The van der Waals surface area contributed by atoms with Gasteiger partial charge < -0.3 is 5.11 Å². The third-order valence-electron chi connectivity index (χ3n) is 3.32. The lowest BCUT2D eigenvalue weighted by molar-refractivity contribution is 0.0961. The molecule has 1 rings (SSSR count). The Labute approximate surface area is 118 Å². The van der Waals surface area contributed by atoms with Gasteiger partial charge in [-0.05, 0) is 52.7 Å². The number of hydrogen-bond acceptors (Lipinski definition) is 1. The van der Waals surface area contributed by atoms with Crippen molar-refractivity contribution in [1.82, 2.24) is 0 Å². The molecule has 0 saturated heterocycles. The number of aliphatic hydroxyl groups is 1. The minimum absolute atomic E-state index is 0.262. The predicted molar refractivity (Wildman–Crippen MR) is 77.1 cm³/mol. The SMILES string of the molecule is CCCC(CCC)C(O)Cc1cccc(F)c1Br. The van der Waals surface area contributed by atoms with Crippen LogP contribution in [0.15, 0.2) is 22.7 Å². The maximum Gasteiger partial charge on any atom is 0.137 e. The molecule has 3 heteroatoms. The highest BCUT2D eigenvalue weighted by Gasteiger charge is 2.19. The Balaban J connectivity index is 2.72. The van der Waals surface area contributed by atoms with E-state index < -0.39 is 0 Å². The van der Waals surface area contributed by atoms with Crippen molar-refractivity contribution in [2.45, 2.75) is 52.1 Å². The highest BCUT2D eigenvalue weighted by Crippen LogP contribution is 2.26. The molecule has 0 heterocycles. The van der Waals surface area contributed by atoms with Crippen molar-refractivity contribution in [1.29, 1.82) is 0 Å². The molecule has 0 spiro atoms. The van der Waals surface area contributed by atoms with Crippen molar-refractivity contribution in [2.75, 3.05) is 0 Å². The van der Waals surface area contributed by atoms with E-state index in [4.69, 9.17) is 0 Å². The number of benzene rings is 1. The first-order valence-corrected chi connectivity index (χ1v) is 7.50. The molecule has 1 nitrogen and oxygen atoms in total. The number of aliphatic hydroxyl groups excluding tert-OH is 1. The number of rotatable bonds is 7. The first-order valence-electron chi connectivity index (χ1n) is 6.71. The van der Waals surface area contributed by atoms with Gasteiger partial charge in [0.1, 0.15) is 5.82 Å².